The van der Waals surface area contributed by atoms with Crippen LogP contribution < -0.4 is 5.32 Å². The zero-order chi connectivity index (χ0) is 20.1. The first kappa shape index (κ1) is 19.5. The first-order chi connectivity index (χ1) is 13.4. The van der Waals surface area contributed by atoms with Crippen molar-refractivity contribution < 1.29 is 23.2 Å². The average molecular weight is 400 g/mol. The highest BCUT2D eigenvalue weighted by Crippen LogP contribution is 2.30. The van der Waals surface area contributed by atoms with Crippen LogP contribution in [0.3, 0.4) is 0 Å². The van der Waals surface area contributed by atoms with Crippen molar-refractivity contribution >= 4 is 40.6 Å². The Kier molecular flexibility index (Phi) is 6.00. The Labute approximate surface area is 163 Å². The van der Waals surface area contributed by atoms with E-state index in [1.165, 1.54) is 6.08 Å². The second kappa shape index (κ2) is 8.62. The molecule has 0 unspecified atom stereocenters. The van der Waals surface area contributed by atoms with E-state index in [4.69, 9.17) is 0 Å². The maximum Gasteiger partial charge on any atom is 0.294 e. The van der Waals surface area contributed by atoms with Gasteiger partial charge < -0.3 is 5.32 Å². The lowest BCUT2D eigenvalue weighted by Crippen LogP contribution is -2.36. The average Bonchev–Trinajstić information content (AvgIpc) is 2.92. The number of hydrogen-bond acceptors (Lipinski definition) is 4. The van der Waals surface area contributed by atoms with Gasteiger partial charge in [0.15, 0.2) is 0 Å². The largest absolute Gasteiger partial charge is 0.322 e. The second-order valence-electron chi connectivity index (χ2n) is 5.73. The van der Waals surface area contributed by atoms with E-state index in [1.54, 1.807) is 12.2 Å². The molecule has 0 atom stereocenters. The van der Waals surface area contributed by atoms with Crippen molar-refractivity contribution in [2.24, 2.45) is 0 Å². The van der Waals surface area contributed by atoms with Crippen molar-refractivity contribution in [3.63, 3.8) is 0 Å². The summed E-state index contributed by atoms with van der Waals surface area (Å²) in [7, 11) is 0. The third-order valence-corrected chi connectivity index (χ3v) is 4.64. The van der Waals surface area contributed by atoms with Crippen LogP contribution >= 0.6 is 11.8 Å². The van der Waals surface area contributed by atoms with E-state index in [0.29, 0.717) is 17.8 Å². The number of imide groups is 1. The van der Waals surface area contributed by atoms with Crippen molar-refractivity contribution in [3.05, 3.63) is 82.8 Å². The minimum atomic E-state index is -0.951. The third kappa shape index (κ3) is 4.72. The van der Waals surface area contributed by atoms with Crippen molar-refractivity contribution in [3.8, 4) is 0 Å². The number of allylic oxidation sites excluding steroid dienone is 2. The molecule has 1 saturated heterocycles. The lowest BCUT2D eigenvalue weighted by molar-refractivity contribution is -0.127. The van der Waals surface area contributed by atoms with Crippen LogP contribution in [0.1, 0.15) is 5.56 Å². The molecule has 1 fully saturated rings. The Balaban J connectivity index is 1.64. The van der Waals surface area contributed by atoms with E-state index in [9.17, 15) is 23.2 Å². The number of thioether (sulfide) groups is 1. The first-order valence-electron chi connectivity index (χ1n) is 8.16. The molecule has 1 aliphatic heterocycles. The fourth-order valence-electron chi connectivity index (χ4n) is 2.39. The SMILES string of the molecule is O=C(CN1C(=O)S/C(=C/C=C/c2ccccc2)C1=O)Nc1ccc(F)cc1F. The van der Waals surface area contributed by atoms with Gasteiger partial charge in [0.25, 0.3) is 11.1 Å². The molecule has 5 nitrogen and oxygen atoms in total. The molecule has 0 aromatic heterocycles. The van der Waals surface area contributed by atoms with Crippen LogP contribution in [0, 0.1) is 11.6 Å². The summed E-state index contributed by atoms with van der Waals surface area (Å²) in [6.45, 7) is -0.568. The predicted molar refractivity (Wildman–Crippen MR) is 103 cm³/mol. The van der Waals surface area contributed by atoms with Gasteiger partial charge in [0.2, 0.25) is 5.91 Å². The minimum Gasteiger partial charge on any atom is -0.322 e. The van der Waals surface area contributed by atoms with Crippen LogP contribution in [0.4, 0.5) is 19.3 Å². The fraction of sp³-hybridized carbons (Fsp3) is 0.0500. The highest BCUT2D eigenvalue weighted by molar-refractivity contribution is 8.18. The summed E-state index contributed by atoms with van der Waals surface area (Å²) >= 11 is 0.714. The molecule has 3 amide bonds. The summed E-state index contributed by atoms with van der Waals surface area (Å²) in [5, 5.41) is 1.62. The lowest BCUT2D eigenvalue weighted by Gasteiger charge is -2.12. The normalized spacial score (nSPS) is 15.6. The molecule has 2 aromatic carbocycles. The zero-order valence-corrected chi connectivity index (χ0v) is 15.2. The topological polar surface area (TPSA) is 66.5 Å². The van der Waals surface area contributed by atoms with Gasteiger partial charge in [0.1, 0.15) is 18.2 Å². The Morgan fingerprint density at radius 3 is 2.57 bits per heavy atom. The number of amides is 3. The van der Waals surface area contributed by atoms with Crippen LogP contribution in [-0.2, 0) is 9.59 Å². The molecule has 142 valence electrons. The molecule has 3 rings (SSSR count). The number of nitrogens with zero attached hydrogens (tertiary/aromatic N) is 1. The number of anilines is 1. The van der Waals surface area contributed by atoms with E-state index in [2.05, 4.69) is 5.32 Å². The number of halogens is 2. The molecular formula is C20H14F2N2O3S. The van der Waals surface area contributed by atoms with Gasteiger partial charge in [-0.2, -0.15) is 0 Å². The minimum absolute atomic E-state index is 0.179. The van der Waals surface area contributed by atoms with Gasteiger partial charge in [-0.15, -0.1) is 0 Å². The van der Waals surface area contributed by atoms with Gasteiger partial charge in [0, 0.05) is 6.07 Å². The third-order valence-electron chi connectivity index (χ3n) is 3.72. The van der Waals surface area contributed by atoms with Crippen molar-refractivity contribution in [1.82, 2.24) is 4.90 Å². The summed E-state index contributed by atoms with van der Waals surface area (Å²) in [5.74, 6) is -3.11. The highest BCUT2D eigenvalue weighted by Gasteiger charge is 2.36. The number of carbonyl (C=O) groups is 3. The molecule has 2 aromatic rings. The quantitative estimate of drug-likeness (QED) is 0.764. The van der Waals surface area contributed by atoms with E-state index in [-0.39, 0.29) is 10.6 Å². The summed E-state index contributed by atoms with van der Waals surface area (Å²) in [6, 6.07) is 12.1. The molecule has 0 aliphatic carbocycles. The first-order valence-corrected chi connectivity index (χ1v) is 8.97. The summed E-state index contributed by atoms with van der Waals surface area (Å²) in [4.78, 5) is 37.4. The molecule has 0 spiro atoms. The number of benzene rings is 2. The maximum absolute atomic E-state index is 13.6. The van der Waals surface area contributed by atoms with Crippen LogP contribution in [0.2, 0.25) is 0 Å². The number of nitrogens with one attached hydrogen (secondary N) is 1. The Morgan fingerprint density at radius 1 is 1.11 bits per heavy atom. The molecule has 8 heteroatoms. The van der Waals surface area contributed by atoms with Crippen LogP contribution in [0.5, 0.6) is 0 Å². The number of carbonyl (C=O) groups excluding carboxylic acids is 3. The number of rotatable bonds is 5. The smallest absolute Gasteiger partial charge is 0.294 e. The Bertz CT molecular complexity index is 990. The zero-order valence-electron chi connectivity index (χ0n) is 14.4. The number of hydrogen-bond donors (Lipinski definition) is 1. The molecule has 1 N–H and O–H groups in total. The van der Waals surface area contributed by atoms with Crippen molar-refractivity contribution in [2.45, 2.75) is 0 Å². The van der Waals surface area contributed by atoms with E-state index >= 15 is 0 Å². The molecule has 28 heavy (non-hydrogen) atoms. The van der Waals surface area contributed by atoms with Gasteiger partial charge in [0.05, 0.1) is 10.6 Å². The summed E-state index contributed by atoms with van der Waals surface area (Å²) < 4.78 is 26.5. The standard InChI is InChI=1S/C20H14F2N2O3S/c21-14-9-10-16(15(22)11-14)23-18(25)12-24-19(26)17(28-20(24)27)8-4-7-13-5-2-1-3-6-13/h1-11H,12H2,(H,23,25)/b7-4+,17-8+. The van der Waals surface area contributed by atoms with Crippen molar-refractivity contribution in [1.29, 1.82) is 0 Å². The van der Waals surface area contributed by atoms with Gasteiger partial charge >= 0.3 is 0 Å². The molecular weight excluding hydrogens is 386 g/mol. The van der Waals surface area contributed by atoms with Crippen LogP contribution in [-0.4, -0.2) is 28.5 Å². The maximum atomic E-state index is 13.6. The summed E-state index contributed by atoms with van der Waals surface area (Å²) in [6.07, 6.45) is 4.91. The van der Waals surface area contributed by atoms with Crippen LogP contribution in [0.15, 0.2) is 65.6 Å². The molecule has 0 bridgehead atoms. The predicted octanol–water partition coefficient (Wildman–Crippen LogP) is 4.20. The second-order valence-corrected chi connectivity index (χ2v) is 6.73. The lowest BCUT2D eigenvalue weighted by atomic mass is 10.2. The van der Waals surface area contributed by atoms with Gasteiger partial charge in [-0.1, -0.05) is 42.5 Å². The van der Waals surface area contributed by atoms with E-state index < -0.39 is 35.2 Å². The molecule has 1 heterocycles. The van der Waals surface area contributed by atoms with Gasteiger partial charge in [-0.3, -0.25) is 19.3 Å². The van der Waals surface area contributed by atoms with Gasteiger partial charge in [-0.25, -0.2) is 8.78 Å². The van der Waals surface area contributed by atoms with Gasteiger partial charge in [-0.05, 0) is 35.5 Å². The molecule has 0 radical (unpaired) electrons. The highest BCUT2D eigenvalue weighted by atomic mass is 32.2. The van der Waals surface area contributed by atoms with E-state index in [0.717, 1.165) is 22.6 Å². The van der Waals surface area contributed by atoms with Crippen LogP contribution in [0.25, 0.3) is 6.08 Å². The monoisotopic (exact) mass is 400 g/mol. The fourth-order valence-corrected chi connectivity index (χ4v) is 3.18. The Hall–Kier alpha value is -3.26. The molecule has 0 saturated carbocycles. The van der Waals surface area contributed by atoms with Crippen molar-refractivity contribution in [2.75, 3.05) is 11.9 Å². The van der Waals surface area contributed by atoms with E-state index in [1.807, 2.05) is 30.3 Å². The summed E-state index contributed by atoms with van der Waals surface area (Å²) in [5.41, 5.74) is 0.693. The Morgan fingerprint density at radius 2 is 1.86 bits per heavy atom. The molecule has 1 aliphatic rings.